The molecule has 1 N–H and O–H groups in total. The standard InChI is InChI=1S/C19H25NO/c1-15-10-11-18(16(2)12-15)20(4)13-19(3,14-21)17-8-6-5-7-9-17/h5-12,21H,13-14H2,1-4H3. The van der Waals surface area contributed by atoms with Crippen LogP contribution >= 0.6 is 0 Å². The Hall–Kier alpha value is -1.80. The molecule has 2 heteroatoms. The molecular formula is C19H25NO. The van der Waals surface area contributed by atoms with Crippen LogP contribution < -0.4 is 4.90 Å². The van der Waals surface area contributed by atoms with E-state index in [0.29, 0.717) is 0 Å². The molecule has 0 amide bonds. The van der Waals surface area contributed by atoms with E-state index in [4.69, 9.17) is 0 Å². The fourth-order valence-corrected chi connectivity index (χ4v) is 2.92. The lowest BCUT2D eigenvalue weighted by atomic mass is 9.82. The molecule has 2 nitrogen and oxygen atoms in total. The number of rotatable bonds is 5. The van der Waals surface area contributed by atoms with Crippen LogP contribution in [-0.2, 0) is 5.41 Å². The fraction of sp³-hybridized carbons (Fsp3) is 0.368. The van der Waals surface area contributed by atoms with Crippen molar-refractivity contribution in [3.05, 3.63) is 65.2 Å². The van der Waals surface area contributed by atoms with Gasteiger partial charge in [-0.3, -0.25) is 0 Å². The van der Waals surface area contributed by atoms with Crippen LogP contribution in [0.3, 0.4) is 0 Å². The quantitative estimate of drug-likeness (QED) is 0.904. The molecule has 112 valence electrons. The van der Waals surface area contributed by atoms with Crippen molar-refractivity contribution in [2.24, 2.45) is 0 Å². The molecule has 2 rings (SSSR count). The minimum absolute atomic E-state index is 0.131. The molecule has 0 aliphatic rings. The van der Waals surface area contributed by atoms with Gasteiger partial charge < -0.3 is 10.0 Å². The summed E-state index contributed by atoms with van der Waals surface area (Å²) in [6.07, 6.45) is 0. The van der Waals surface area contributed by atoms with Gasteiger partial charge >= 0.3 is 0 Å². The summed E-state index contributed by atoms with van der Waals surface area (Å²) in [5.41, 5.74) is 4.66. The van der Waals surface area contributed by atoms with Crippen LogP contribution in [0.4, 0.5) is 5.69 Å². The number of likely N-dealkylation sites (N-methyl/N-ethyl adjacent to an activating group) is 1. The van der Waals surface area contributed by atoms with Crippen LogP contribution in [0.15, 0.2) is 48.5 Å². The summed E-state index contributed by atoms with van der Waals surface area (Å²) < 4.78 is 0. The maximum Gasteiger partial charge on any atom is 0.0542 e. The first-order valence-corrected chi connectivity index (χ1v) is 7.41. The molecular weight excluding hydrogens is 258 g/mol. The zero-order chi connectivity index (χ0) is 15.5. The Bertz CT molecular complexity index is 594. The lowest BCUT2D eigenvalue weighted by Crippen LogP contribution is -2.40. The van der Waals surface area contributed by atoms with Crippen LogP contribution in [0.2, 0.25) is 0 Å². The highest BCUT2D eigenvalue weighted by Crippen LogP contribution is 2.28. The summed E-state index contributed by atoms with van der Waals surface area (Å²) in [6.45, 7) is 7.27. The van der Waals surface area contributed by atoms with Crippen molar-refractivity contribution >= 4 is 5.69 Å². The molecule has 0 saturated heterocycles. The monoisotopic (exact) mass is 283 g/mol. The second-order valence-corrected chi connectivity index (χ2v) is 6.23. The van der Waals surface area contributed by atoms with Crippen LogP contribution in [0.1, 0.15) is 23.6 Å². The van der Waals surface area contributed by atoms with Crippen molar-refractivity contribution in [3.63, 3.8) is 0 Å². The number of hydrogen-bond donors (Lipinski definition) is 1. The molecule has 0 spiro atoms. The Kier molecular flexibility index (Phi) is 4.69. The maximum absolute atomic E-state index is 9.92. The molecule has 0 fully saturated rings. The number of hydrogen-bond acceptors (Lipinski definition) is 2. The van der Waals surface area contributed by atoms with Crippen LogP contribution in [0, 0.1) is 13.8 Å². The third-order valence-electron chi connectivity index (χ3n) is 4.17. The molecule has 0 saturated carbocycles. The second-order valence-electron chi connectivity index (χ2n) is 6.23. The predicted octanol–water partition coefficient (Wildman–Crippen LogP) is 3.69. The molecule has 2 aromatic carbocycles. The molecule has 0 bridgehead atoms. The number of aryl methyl sites for hydroxylation is 2. The number of aliphatic hydroxyl groups is 1. The van der Waals surface area contributed by atoms with Gasteiger partial charge in [0.15, 0.2) is 0 Å². The van der Waals surface area contributed by atoms with Gasteiger partial charge in [-0.1, -0.05) is 55.0 Å². The summed E-state index contributed by atoms with van der Waals surface area (Å²) in [7, 11) is 2.09. The minimum atomic E-state index is -0.270. The molecule has 0 heterocycles. The predicted molar refractivity (Wildman–Crippen MR) is 90.1 cm³/mol. The molecule has 0 aliphatic heterocycles. The second kappa shape index (κ2) is 6.31. The van der Waals surface area contributed by atoms with E-state index in [0.717, 1.165) is 6.54 Å². The van der Waals surface area contributed by atoms with Crippen molar-refractivity contribution in [1.29, 1.82) is 0 Å². The maximum atomic E-state index is 9.92. The number of benzene rings is 2. The zero-order valence-corrected chi connectivity index (χ0v) is 13.4. The smallest absolute Gasteiger partial charge is 0.0542 e. The van der Waals surface area contributed by atoms with E-state index in [-0.39, 0.29) is 12.0 Å². The van der Waals surface area contributed by atoms with Gasteiger partial charge in [0.2, 0.25) is 0 Å². The third kappa shape index (κ3) is 3.45. The highest BCUT2D eigenvalue weighted by atomic mass is 16.3. The molecule has 1 atom stereocenters. The lowest BCUT2D eigenvalue weighted by molar-refractivity contribution is 0.209. The van der Waals surface area contributed by atoms with Gasteiger partial charge in [0.1, 0.15) is 0 Å². The summed E-state index contributed by atoms with van der Waals surface area (Å²) in [5.74, 6) is 0. The fourth-order valence-electron chi connectivity index (χ4n) is 2.92. The first-order valence-electron chi connectivity index (χ1n) is 7.41. The lowest BCUT2D eigenvalue weighted by Gasteiger charge is -2.34. The molecule has 0 radical (unpaired) electrons. The van der Waals surface area contributed by atoms with Crippen molar-refractivity contribution in [2.45, 2.75) is 26.2 Å². The number of anilines is 1. The average Bonchev–Trinajstić information content (AvgIpc) is 2.47. The SMILES string of the molecule is Cc1ccc(N(C)CC(C)(CO)c2ccccc2)c(C)c1. The minimum Gasteiger partial charge on any atom is -0.395 e. The summed E-state index contributed by atoms with van der Waals surface area (Å²) >= 11 is 0. The molecule has 1 unspecified atom stereocenters. The van der Waals surface area contributed by atoms with E-state index in [2.05, 4.69) is 63.1 Å². The zero-order valence-electron chi connectivity index (χ0n) is 13.4. The van der Waals surface area contributed by atoms with E-state index in [1.54, 1.807) is 0 Å². The van der Waals surface area contributed by atoms with Crippen molar-refractivity contribution in [3.8, 4) is 0 Å². The first kappa shape index (κ1) is 15.6. The van der Waals surface area contributed by atoms with E-state index in [1.165, 1.54) is 22.4 Å². The van der Waals surface area contributed by atoms with Gasteiger partial charge in [0.05, 0.1) is 6.61 Å². The summed E-state index contributed by atoms with van der Waals surface area (Å²) in [4.78, 5) is 2.23. The molecule has 0 aromatic heterocycles. The van der Waals surface area contributed by atoms with Crippen molar-refractivity contribution < 1.29 is 5.11 Å². The highest BCUT2D eigenvalue weighted by Gasteiger charge is 2.27. The average molecular weight is 283 g/mol. The van der Waals surface area contributed by atoms with E-state index < -0.39 is 0 Å². The van der Waals surface area contributed by atoms with Crippen molar-refractivity contribution in [2.75, 3.05) is 25.1 Å². The van der Waals surface area contributed by atoms with Gasteiger partial charge in [-0.25, -0.2) is 0 Å². The largest absolute Gasteiger partial charge is 0.395 e. The Labute approximate surface area is 128 Å². The van der Waals surface area contributed by atoms with Crippen LogP contribution in [0.5, 0.6) is 0 Å². The van der Waals surface area contributed by atoms with Gasteiger partial charge in [-0.05, 0) is 31.0 Å². The first-order chi connectivity index (χ1) is 9.96. The van der Waals surface area contributed by atoms with Gasteiger partial charge in [0, 0.05) is 24.7 Å². The van der Waals surface area contributed by atoms with Crippen LogP contribution in [-0.4, -0.2) is 25.3 Å². The van der Waals surface area contributed by atoms with E-state index in [1.807, 2.05) is 18.2 Å². The van der Waals surface area contributed by atoms with Gasteiger partial charge in [-0.15, -0.1) is 0 Å². The molecule has 21 heavy (non-hydrogen) atoms. The Morgan fingerprint density at radius 3 is 2.29 bits per heavy atom. The Balaban J connectivity index is 2.26. The normalized spacial score (nSPS) is 13.8. The third-order valence-corrected chi connectivity index (χ3v) is 4.17. The van der Waals surface area contributed by atoms with E-state index in [9.17, 15) is 5.11 Å². The van der Waals surface area contributed by atoms with Gasteiger partial charge in [-0.2, -0.15) is 0 Å². The number of nitrogens with zero attached hydrogens (tertiary/aromatic N) is 1. The van der Waals surface area contributed by atoms with Gasteiger partial charge in [0.25, 0.3) is 0 Å². The summed E-state index contributed by atoms with van der Waals surface area (Å²) in [6, 6.07) is 16.7. The number of aliphatic hydroxyl groups excluding tert-OH is 1. The highest BCUT2D eigenvalue weighted by molar-refractivity contribution is 5.54. The Morgan fingerprint density at radius 1 is 1.05 bits per heavy atom. The summed E-state index contributed by atoms with van der Waals surface area (Å²) in [5, 5.41) is 9.92. The topological polar surface area (TPSA) is 23.5 Å². The Morgan fingerprint density at radius 2 is 1.71 bits per heavy atom. The van der Waals surface area contributed by atoms with Crippen LogP contribution in [0.25, 0.3) is 0 Å². The van der Waals surface area contributed by atoms with E-state index >= 15 is 0 Å². The van der Waals surface area contributed by atoms with Crippen molar-refractivity contribution in [1.82, 2.24) is 0 Å². The molecule has 0 aliphatic carbocycles. The molecule has 2 aromatic rings.